The number of nitrogens with zero attached hydrogens (tertiary/aromatic N) is 1. The third-order valence-electron chi connectivity index (χ3n) is 0.921. The molecule has 1 aromatic rings. The van der Waals surface area contributed by atoms with Gasteiger partial charge < -0.3 is 8.83 Å². The van der Waals surface area contributed by atoms with Crippen LogP contribution in [0.4, 0.5) is 5.88 Å². The Labute approximate surface area is 51.5 Å². The SMILES string of the molecule is C[N]c1oc(=O)oc1C. The Kier molecular flexibility index (Phi) is 1.30. The minimum atomic E-state index is -0.701. The maximum Gasteiger partial charge on any atom is 0.520 e. The van der Waals surface area contributed by atoms with Crippen molar-refractivity contribution in [3.8, 4) is 0 Å². The summed E-state index contributed by atoms with van der Waals surface area (Å²) in [4.78, 5) is 10.3. The fourth-order valence-corrected chi connectivity index (χ4v) is 0.543. The molecule has 0 spiro atoms. The predicted molar refractivity (Wildman–Crippen MR) is 29.7 cm³/mol. The molecule has 4 heteroatoms. The summed E-state index contributed by atoms with van der Waals surface area (Å²) < 4.78 is 8.96. The Balaban J connectivity index is 3.16. The van der Waals surface area contributed by atoms with Crippen molar-refractivity contribution in [3.05, 3.63) is 16.4 Å². The van der Waals surface area contributed by atoms with Gasteiger partial charge in [-0.05, 0) is 6.92 Å². The number of hydrogen-bond donors (Lipinski definition) is 0. The van der Waals surface area contributed by atoms with E-state index >= 15 is 0 Å². The van der Waals surface area contributed by atoms with Gasteiger partial charge in [0.15, 0.2) is 5.76 Å². The third-order valence-corrected chi connectivity index (χ3v) is 0.921. The van der Waals surface area contributed by atoms with E-state index in [1.165, 1.54) is 7.05 Å². The van der Waals surface area contributed by atoms with Crippen LogP contribution in [0.1, 0.15) is 5.76 Å². The monoisotopic (exact) mass is 128 g/mol. The molecular formula is C5H6NO3. The highest BCUT2D eigenvalue weighted by atomic mass is 16.6. The zero-order valence-corrected chi connectivity index (χ0v) is 5.17. The van der Waals surface area contributed by atoms with Crippen molar-refractivity contribution in [2.45, 2.75) is 6.92 Å². The highest BCUT2D eigenvalue weighted by molar-refractivity contribution is 5.22. The normalized spacial score (nSPS) is 9.56. The number of hydrogen-bond acceptors (Lipinski definition) is 3. The summed E-state index contributed by atoms with van der Waals surface area (Å²) in [7, 11) is 1.53. The van der Waals surface area contributed by atoms with Crippen LogP contribution in [0.3, 0.4) is 0 Å². The molecule has 0 amide bonds. The van der Waals surface area contributed by atoms with Crippen LogP contribution in [0.5, 0.6) is 0 Å². The van der Waals surface area contributed by atoms with E-state index in [0.717, 1.165) is 0 Å². The number of rotatable bonds is 1. The minimum absolute atomic E-state index is 0.264. The van der Waals surface area contributed by atoms with Gasteiger partial charge in [0.25, 0.3) is 5.88 Å². The van der Waals surface area contributed by atoms with Crippen LogP contribution >= 0.6 is 0 Å². The van der Waals surface area contributed by atoms with E-state index in [9.17, 15) is 4.79 Å². The highest BCUT2D eigenvalue weighted by Crippen LogP contribution is 2.09. The van der Waals surface area contributed by atoms with Crippen LogP contribution in [0.2, 0.25) is 0 Å². The molecule has 0 unspecified atom stereocenters. The first-order valence-electron chi connectivity index (χ1n) is 2.44. The van der Waals surface area contributed by atoms with Gasteiger partial charge in [-0.3, -0.25) is 5.32 Å². The average Bonchev–Trinajstić information content (AvgIpc) is 2.10. The van der Waals surface area contributed by atoms with E-state index in [1.54, 1.807) is 6.92 Å². The van der Waals surface area contributed by atoms with Crippen molar-refractivity contribution in [1.82, 2.24) is 5.32 Å². The maximum absolute atomic E-state index is 10.3. The van der Waals surface area contributed by atoms with Crippen LogP contribution in [0, 0.1) is 6.92 Å². The van der Waals surface area contributed by atoms with Crippen molar-refractivity contribution in [1.29, 1.82) is 0 Å². The third kappa shape index (κ3) is 0.960. The molecule has 1 heterocycles. The molecule has 0 aromatic carbocycles. The van der Waals surface area contributed by atoms with Crippen molar-refractivity contribution in [3.63, 3.8) is 0 Å². The quantitative estimate of drug-likeness (QED) is 0.550. The first-order chi connectivity index (χ1) is 4.24. The van der Waals surface area contributed by atoms with Crippen LogP contribution in [-0.4, -0.2) is 7.05 Å². The van der Waals surface area contributed by atoms with Gasteiger partial charge in [0.05, 0.1) is 0 Å². The van der Waals surface area contributed by atoms with E-state index in [0.29, 0.717) is 5.76 Å². The lowest BCUT2D eigenvalue weighted by molar-refractivity contribution is 0.378. The summed E-state index contributed by atoms with van der Waals surface area (Å²) in [5, 5.41) is 3.63. The summed E-state index contributed by atoms with van der Waals surface area (Å²) in [6, 6.07) is 0. The molecule has 9 heavy (non-hydrogen) atoms. The summed E-state index contributed by atoms with van der Waals surface area (Å²) in [6.07, 6.45) is 0. The second kappa shape index (κ2) is 1.97. The lowest BCUT2D eigenvalue weighted by atomic mass is 10.5. The fraction of sp³-hybridized carbons (Fsp3) is 0.400. The van der Waals surface area contributed by atoms with Crippen LogP contribution in [0.25, 0.3) is 0 Å². The molecule has 49 valence electrons. The van der Waals surface area contributed by atoms with Crippen molar-refractivity contribution < 1.29 is 8.83 Å². The van der Waals surface area contributed by atoms with Gasteiger partial charge in [0.2, 0.25) is 0 Å². The molecule has 0 N–H and O–H groups in total. The molecule has 0 fully saturated rings. The molecule has 4 nitrogen and oxygen atoms in total. The van der Waals surface area contributed by atoms with Crippen molar-refractivity contribution in [2.24, 2.45) is 0 Å². The molecule has 0 bridgehead atoms. The molecule has 1 aromatic heterocycles. The summed E-state index contributed by atoms with van der Waals surface area (Å²) in [5.41, 5.74) is 0. The Morgan fingerprint density at radius 2 is 2.11 bits per heavy atom. The Morgan fingerprint density at radius 3 is 2.33 bits per heavy atom. The minimum Gasteiger partial charge on any atom is -0.394 e. The van der Waals surface area contributed by atoms with Crippen LogP contribution in [-0.2, 0) is 0 Å². The zero-order chi connectivity index (χ0) is 6.85. The van der Waals surface area contributed by atoms with E-state index in [2.05, 4.69) is 14.2 Å². The molecule has 1 radical (unpaired) electrons. The van der Waals surface area contributed by atoms with Crippen LogP contribution in [0.15, 0.2) is 13.6 Å². The summed E-state index contributed by atoms with van der Waals surface area (Å²) in [6.45, 7) is 1.62. The molecule has 0 aliphatic rings. The molecule has 0 aliphatic carbocycles. The Morgan fingerprint density at radius 1 is 1.44 bits per heavy atom. The summed E-state index contributed by atoms with van der Waals surface area (Å²) in [5.74, 6) is -0.0180. The van der Waals surface area contributed by atoms with Gasteiger partial charge in [0.1, 0.15) is 0 Å². The first kappa shape index (κ1) is 5.94. The zero-order valence-electron chi connectivity index (χ0n) is 5.17. The molecule has 1 rings (SSSR count). The largest absolute Gasteiger partial charge is 0.520 e. The van der Waals surface area contributed by atoms with E-state index in [4.69, 9.17) is 0 Å². The molecule has 0 atom stereocenters. The number of aryl methyl sites for hydroxylation is 1. The average molecular weight is 128 g/mol. The van der Waals surface area contributed by atoms with Crippen molar-refractivity contribution in [2.75, 3.05) is 7.05 Å². The standard InChI is InChI=1S/C5H6NO3/c1-3-4(6-2)9-5(7)8-3/h1-2H3. The summed E-state index contributed by atoms with van der Waals surface area (Å²) >= 11 is 0. The molecular weight excluding hydrogens is 122 g/mol. The lowest BCUT2D eigenvalue weighted by Crippen LogP contribution is -1.87. The fourth-order valence-electron chi connectivity index (χ4n) is 0.543. The maximum atomic E-state index is 10.3. The van der Waals surface area contributed by atoms with E-state index < -0.39 is 5.82 Å². The topological polar surface area (TPSA) is 57.5 Å². The smallest absolute Gasteiger partial charge is 0.394 e. The van der Waals surface area contributed by atoms with Gasteiger partial charge in [-0.2, -0.15) is 0 Å². The van der Waals surface area contributed by atoms with Gasteiger partial charge >= 0.3 is 5.82 Å². The molecule has 0 saturated heterocycles. The van der Waals surface area contributed by atoms with Crippen LogP contribution < -0.4 is 11.1 Å². The second-order valence-corrected chi connectivity index (χ2v) is 1.54. The lowest BCUT2D eigenvalue weighted by Gasteiger charge is -1.83. The molecule has 0 saturated carbocycles. The second-order valence-electron chi connectivity index (χ2n) is 1.54. The highest BCUT2D eigenvalue weighted by Gasteiger charge is 2.04. The van der Waals surface area contributed by atoms with E-state index in [1.807, 2.05) is 0 Å². The molecule has 0 aliphatic heterocycles. The predicted octanol–water partition coefficient (Wildman–Crippen LogP) is 0.407. The Hall–Kier alpha value is -1.19. The first-order valence-corrected chi connectivity index (χ1v) is 2.44. The Bertz CT molecular complexity index is 247. The van der Waals surface area contributed by atoms with E-state index in [-0.39, 0.29) is 5.88 Å². The van der Waals surface area contributed by atoms with Gasteiger partial charge in [-0.1, -0.05) is 0 Å². The van der Waals surface area contributed by atoms with Gasteiger partial charge in [-0.25, -0.2) is 4.79 Å². The van der Waals surface area contributed by atoms with Gasteiger partial charge in [0, 0.05) is 7.05 Å². The van der Waals surface area contributed by atoms with Crippen molar-refractivity contribution >= 4 is 5.88 Å². The van der Waals surface area contributed by atoms with Gasteiger partial charge in [-0.15, -0.1) is 0 Å².